The second kappa shape index (κ2) is 6.33. The Hall–Kier alpha value is -0.770. The van der Waals surface area contributed by atoms with Gasteiger partial charge in [-0.2, -0.15) is 0 Å². The maximum absolute atomic E-state index is 6.06. The molecule has 0 aliphatic carbocycles. The minimum Gasteiger partial charge on any atom is -0.488 e. The van der Waals surface area contributed by atoms with Gasteiger partial charge in [0.25, 0.3) is 0 Å². The van der Waals surface area contributed by atoms with E-state index >= 15 is 0 Å². The topological polar surface area (TPSA) is 15.7 Å². The van der Waals surface area contributed by atoms with Gasteiger partial charge in [-0.3, -0.25) is 9.80 Å². The molecule has 0 aromatic heterocycles. The summed E-state index contributed by atoms with van der Waals surface area (Å²) < 4.78 is 6.06. The molecule has 1 fully saturated rings. The fraction of sp³-hybridized carbons (Fsp3) is 0.625. The Morgan fingerprint density at radius 3 is 2.70 bits per heavy atom. The van der Waals surface area contributed by atoms with Crippen LogP contribution in [0.5, 0.6) is 5.75 Å². The number of nitrogens with zero attached hydrogens (tertiary/aromatic N) is 2. The Balaban J connectivity index is 1.49. The minimum atomic E-state index is 0.325. The van der Waals surface area contributed by atoms with E-state index in [-0.39, 0.29) is 0 Å². The first-order valence-corrected chi connectivity index (χ1v) is 8.05. The van der Waals surface area contributed by atoms with E-state index in [1.807, 2.05) is 0 Å². The van der Waals surface area contributed by atoms with Crippen molar-refractivity contribution < 1.29 is 4.74 Å². The lowest BCUT2D eigenvalue weighted by Crippen LogP contribution is -2.49. The standard InChI is InChI=1S/C16H23ClN2O/c1-13-2-3-16-14(10-13)11-15(20-16)12-19-8-6-18(5-4-17)7-9-19/h2-3,10,15H,4-9,11-12H2,1H3. The normalized spacial score (nSPS) is 23.6. The van der Waals surface area contributed by atoms with Gasteiger partial charge < -0.3 is 4.74 Å². The highest BCUT2D eigenvalue weighted by Crippen LogP contribution is 2.29. The van der Waals surface area contributed by atoms with E-state index < -0.39 is 0 Å². The molecule has 0 N–H and O–H groups in total. The SMILES string of the molecule is Cc1ccc2c(c1)CC(CN1CCN(CCCl)CC1)O2. The third kappa shape index (κ3) is 3.27. The van der Waals surface area contributed by atoms with Crippen molar-refractivity contribution in [3.05, 3.63) is 29.3 Å². The summed E-state index contributed by atoms with van der Waals surface area (Å²) in [5.74, 6) is 1.82. The van der Waals surface area contributed by atoms with Crippen molar-refractivity contribution in [2.24, 2.45) is 0 Å². The van der Waals surface area contributed by atoms with Crippen molar-refractivity contribution in [1.82, 2.24) is 9.80 Å². The van der Waals surface area contributed by atoms with E-state index in [4.69, 9.17) is 16.3 Å². The predicted octanol–water partition coefficient (Wildman–Crippen LogP) is 2.15. The molecular weight excluding hydrogens is 272 g/mol. The van der Waals surface area contributed by atoms with E-state index in [0.717, 1.165) is 57.3 Å². The van der Waals surface area contributed by atoms with Gasteiger partial charge in [0.05, 0.1) is 0 Å². The molecule has 3 nitrogen and oxygen atoms in total. The van der Waals surface area contributed by atoms with Crippen molar-refractivity contribution in [1.29, 1.82) is 0 Å². The number of piperazine rings is 1. The summed E-state index contributed by atoms with van der Waals surface area (Å²) in [5, 5.41) is 0. The zero-order valence-corrected chi connectivity index (χ0v) is 12.9. The van der Waals surface area contributed by atoms with Gasteiger partial charge in [0.1, 0.15) is 11.9 Å². The molecule has 0 bridgehead atoms. The number of rotatable bonds is 4. The lowest BCUT2D eigenvalue weighted by Gasteiger charge is -2.35. The second-order valence-electron chi connectivity index (χ2n) is 5.89. The van der Waals surface area contributed by atoms with Crippen LogP contribution in [0.3, 0.4) is 0 Å². The highest BCUT2D eigenvalue weighted by atomic mass is 35.5. The monoisotopic (exact) mass is 294 g/mol. The Morgan fingerprint density at radius 2 is 1.95 bits per heavy atom. The van der Waals surface area contributed by atoms with Crippen LogP contribution in [0.1, 0.15) is 11.1 Å². The molecule has 3 rings (SSSR count). The van der Waals surface area contributed by atoms with E-state index in [2.05, 4.69) is 34.9 Å². The average molecular weight is 295 g/mol. The molecule has 2 aliphatic heterocycles. The van der Waals surface area contributed by atoms with Crippen LogP contribution < -0.4 is 4.74 Å². The quantitative estimate of drug-likeness (QED) is 0.792. The summed E-state index contributed by atoms with van der Waals surface area (Å²) in [6.07, 6.45) is 1.38. The van der Waals surface area contributed by atoms with Crippen LogP contribution in [0.4, 0.5) is 0 Å². The van der Waals surface area contributed by atoms with Gasteiger partial charge in [-0.1, -0.05) is 17.7 Å². The van der Waals surface area contributed by atoms with Crippen molar-refractivity contribution in [3.63, 3.8) is 0 Å². The number of benzene rings is 1. The molecule has 1 aromatic rings. The van der Waals surface area contributed by atoms with Gasteiger partial charge in [-0.15, -0.1) is 11.6 Å². The first kappa shape index (κ1) is 14.2. The summed E-state index contributed by atoms with van der Waals surface area (Å²) in [4.78, 5) is 4.96. The van der Waals surface area contributed by atoms with Crippen molar-refractivity contribution in [2.45, 2.75) is 19.4 Å². The average Bonchev–Trinajstić information content (AvgIpc) is 2.82. The largest absolute Gasteiger partial charge is 0.488 e. The van der Waals surface area contributed by atoms with Gasteiger partial charge in [-0.25, -0.2) is 0 Å². The molecule has 2 aliphatic rings. The molecule has 110 valence electrons. The Morgan fingerprint density at radius 1 is 1.20 bits per heavy atom. The van der Waals surface area contributed by atoms with Gasteiger partial charge in [0, 0.05) is 51.6 Å². The highest BCUT2D eigenvalue weighted by molar-refractivity contribution is 6.18. The molecule has 4 heteroatoms. The van der Waals surface area contributed by atoms with Crippen LogP contribution in [-0.2, 0) is 6.42 Å². The molecule has 1 saturated heterocycles. The summed E-state index contributed by atoms with van der Waals surface area (Å²) in [6.45, 7) is 8.72. The Bertz CT molecular complexity index is 458. The maximum atomic E-state index is 6.06. The van der Waals surface area contributed by atoms with Crippen molar-refractivity contribution >= 4 is 11.6 Å². The molecule has 1 atom stereocenters. The van der Waals surface area contributed by atoms with Crippen LogP contribution >= 0.6 is 11.6 Å². The van der Waals surface area contributed by atoms with Crippen LogP contribution in [0.2, 0.25) is 0 Å². The molecule has 2 heterocycles. The predicted molar refractivity (Wildman–Crippen MR) is 82.9 cm³/mol. The second-order valence-corrected chi connectivity index (χ2v) is 6.26. The Labute approximate surface area is 126 Å². The number of alkyl halides is 1. The van der Waals surface area contributed by atoms with Gasteiger partial charge in [-0.05, 0) is 18.6 Å². The molecular formula is C16H23ClN2O. The van der Waals surface area contributed by atoms with E-state index in [0.29, 0.717) is 6.10 Å². The van der Waals surface area contributed by atoms with E-state index in [1.165, 1.54) is 11.1 Å². The number of aryl methyl sites for hydroxylation is 1. The fourth-order valence-electron chi connectivity index (χ4n) is 3.15. The van der Waals surface area contributed by atoms with Gasteiger partial charge >= 0.3 is 0 Å². The number of hydrogen-bond acceptors (Lipinski definition) is 3. The molecule has 1 aromatic carbocycles. The Kier molecular flexibility index (Phi) is 4.49. The minimum absolute atomic E-state index is 0.325. The first-order valence-electron chi connectivity index (χ1n) is 7.51. The first-order chi connectivity index (χ1) is 9.74. The zero-order valence-electron chi connectivity index (χ0n) is 12.1. The lowest BCUT2D eigenvalue weighted by atomic mass is 10.1. The molecule has 0 spiro atoms. The number of hydrogen-bond donors (Lipinski definition) is 0. The van der Waals surface area contributed by atoms with Crippen LogP contribution in [0.25, 0.3) is 0 Å². The molecule has 1 unspecified atom stereocenters. The third-order valence-electron chi connectivity index (χ3n) is 4.28. The lowest BCUT2D eigenvalue weighted by molar-refractivity contribution is 0.0952. The van der Waals surface area contributed by atoms with Crippen LogP contribution in [0, 0.1) is 6.92 Å². The summed E-state index contributed by atoms with van der Waals surface area (Å²) in [6, 6.07) is 6.50. The van der Waals surface area contributed by atoms with Crippen LogP contribution in [-0.4, -0.2) is 61.1 Å². The summed E-state index contributed by atoms with van der Waals surface area (Å²) >= 11 is 5.80. The number of fused-ring (bicyclic) bond motifs is 1. The zero-order chi connectivity index (χ0) is 13.9. The fourth-order valence-corrected chi connectivity index (χ4v) is 3.39. The smallest absolute Gasteiger partial charge is 0.123 e. The highest BCUT2D eigenvalue weighted by Gasteiger charge is 2.26. The van der Waals surface area contributed by atoms with Crippen molar-refractivity contribution in [3.8, 4) is 5.75 Å². The number of halogens is 1. The molecule has 0 amide bonds. The van der Waals surface area contributed by atoms with Crippen LogP contribution in [0.15, 0.2) is 18.2 Å². The summed E-state index contributed by atoms with van der Waals surface area (Å²) in [7, 11) is 0. The van der Waals surface area contributed by atoms with Crippen molar-refractivity contribution in [2.75, 3.05) is 45.1 Å². The maximum Gasteiger partial charge on any atom is 0.123 e. The molecule has 0 saturated carbocycles. The molecule has 0 radical (unpaired) electrons. The van der Waals surface area contributed by atoms with Gasteiger partial charge in [0.15, 0.2) is 0 Å². The number of ether oxygens (including phenoxy) is 1. The van der Waals surface area contributed by atoms with E-state index in [9.17, 15) is 0 Å². The third-order valence-corrected chi connectivity index (χ3v) is 4.45. The molecule has 20 heavy (non-hydrogen) atoms. The summed E-state index contributed by atoms with van der Waals surface area (Å²) in [5.41, 5.74) is 2.69. The van der Waals surface area contributed by atoms with E-state index in [1.54, 1.807) is 0 Å². The van der Waals surface area contributed by atoms with Gasteiger partial charge in [0.2, 0.25) is 0 Å².